The Morgan fingerprint density at radius 1 is 0.840 bits per heavy atom. The van der Waals surface area contributed by atoms with Crippen molar-refractivity contribution in [3.8, 4) is 0 Å². The van der Waals surface area contributed by atoms with Crippen molar-refractivity contribution < 1.29 is 0 Å². The highest BCUT2D eigenvalue weighted by Gasteiger charge is 2.06. The van der Waals surface area contributed by atoms with Crippen molar-refractivity contribution in [3.63, 3.8) is 0 Å². The number of aromatic nitrogens is 6. The summed E-state index contributed by atoms with van der Waals surface area (Å²) in [4.78, 5) is 18.0. The minimum absolute atomic E-state index is 0.605. The van der Waals surface area contributed by atoms with Crippen molar-refractivity contribution in [2.45, 2.75) is 0 Å². The van der Waals surface area contributed by atoms with Gasteiger partial charge in [0.25, 0.3) is 0 Å². The number of rotatable bonds is 2. The molecule has 1 aromatic carbocycles. The molecule has 0 amide bonds. The van der Waals surface area contributed by atoms with Crippen LogP contribution >= 0.6 is 0 Å². The first kappa shape index (κ1) is 13.7. The van der Waals surface area contributed by atoms with E-state index in [1.54, 1.807) is 16.9 Å². The maximum Gasteiger partial charge on any atom is 0.182 e. The third kappa shape index (κ3) is 2.40. The summed E-state index contributed by atoms with van der Waals surface area (Å²) >= 11 is 0. The normalized spacial score (nSPS) is 11.8. The van der Waals surface area contributed by atoms with Crippen LogP contribution in [-0.4, -0.2) is 29.5 Å². The van der Waals surface area contributed by atoms with Crippen LogP contribution in [0.15, 0.2) is 61.1 Å². The molecule has 5 aromatic rings. The molecule has 0 radical (unpaired) electrons. The number of nitrogens with zero attached hydrogens (tertiary/aromatic N) is 6. The van der Waals surface area contributed by atoms with E-state index in [1.165, 1.54) is 0 Å². The SMILES string of the molecule is C(=C\c1nc2c3ncccc3ccn2n1)/c1cnc2ccccc2n1. The van der Waals surface area contributed by atoms with E-state index in [0.29, 0.717) is 5.82 Å². The molecule has 0 aliphatic carbocycles. The van der Waals surface area contributed by atoms with Crippen LogP contribution in [0.1, 0.15) is 11.5 Å². The summed E-state index contributed by atoms with van der Waals surface area (Å²) in [6, 6.07) is 13.7. The highest BCUT2D eigenvalue weighted by Crippen LogP contribution is 2.16. The largest absolute Gasteiger partial charge is 0.252 e. The van der Waals surface area contributed by atoms with Crippen LogP contribution in [0.4, 0.5) is 0 Å². The van der Waals surface area contributed by atoms with Gasteiger partial charge in [0.1, 0.15) is 5.52 Å². The van der Waals surface area contributed by atoms with Crippen LogP contribution in [0.3, 0.4) is 0 Å². The number of benzene rings is 1. The van der Waals surface area contributed by atoms with Gasteiger partial charge in [-0.15, -0.1) is 5.10 Å². The Morgan fingerprint density at radius 2 is 1.76 bits per heavy atom. The molecule has 118 valence electrons. The molecular formula is C19H12N6. The molecular weight excluding hydrogens is 312 g/mol. The van der Waals surface area contributed by atoms with Gasteiger partial charge < -0.3 is 0 Å². The predicted molar refractivity (Wildman–Crippen MR) is 96.8 cm³/mol. The molecule has 6 heteroatoms. The lowest BCUT2D eigenvalue weighted by Gasteiger charge is -1.96. The average Bonchev–Trinajstić information content (AvgIpc) is 3.10. The highest BCUT2D eigenvalue weighted by atomic mass is 15.3. The Hall–Kier alpha value is -3.67. The first-order chi connectivity index (χ1) is 12.4. The molecule has 25 heavy (non-hydrogen) atoms. The first-order valence-corrected chi connectivity index (χ1v) is 7.87. The molecule has 4 aromatic heterocycles. The summed E-state index contributed by atoms with van der Waals surface area (Å²) in [5.74, 6) is 0.605. The third-order valence-corrected chi connectivity index (χ3v) is 3.96. The lowest BCUT2D eigenvalue weighted by atomic mass is 10.2. The van der Waals surface area contributed by atoms with E-state index in [0.717, 1.165) is 33.3 Å². The van der Waals surface area contributed by atoms with Gasteiger partial charge in [0.05, 0.1) is 22.9 Å². The van der Waals surface area contributed by atoms with Crippen molar-refractivity contribution in [1.29, 1.82) is 0 Å². The van der Waals surface area contributed by atoms with E-state index in [9.17, 15) is 0 Å². The van der Waals surface area contributed by atoms with Gasteiger partial charge in [-0.1, -0.05) is 18.2 Å². The Bertz CT molecular complexity index is 1250. The molecule has 0 atom stereocenters. The van der Waals surface area contributed by atoms with E-state index in [-0.39, 0.29) is 0 Å². The number of pyridine rings is 2. The minimum atomic E-state index is 0.605. The second kappa shape index (κ2) is 5.45. The van der Waals surface area contributed by atoms with E-state index in [4.69, 9.17) is 0 Å². The lowest BCUT2D eigenvalue weighted by Crippen LogP contribution is -1.89. The summed E-state index contributed by atoms with van der Waals surface area (Å²) in [5, 5.41) is 5.51. The second-order valence-electron chi connectivity index (χ2n) is 5.61. The molecule has 0 spiro atoms. The zero-order chi connectivity index (χ0) is 16.6. The van der Waals surface area contributed by atoms with Crippen molar-refractivity contribution in [2.75, 3.05) is 0 Å². The molecule has 0 N–H and O–H groups in total. The number of para-hydroxylation sites is 2. The fourth-order valence-electron chi connectivity index (χ4n) is 2.78. The molecule has 4 heterocycles. The van der Waals surface area contributed by atoms with Crippen molar-refractivity contribution in [1.82, 2.24) is 29.5 Å². The van der Waals surface area contributed by atoms with Gasteiger partial charge in [-0.3, -0.25) is 9.97 Å². The summed E-state index contributed by atoms with van der Waals surface area (Å²) < 4.78 is 1.74. The summed E-state index contributed by atoms with van der Waals surface area (Å²) in [5.41, 5.74) is 4.08. The number of fused-ring (bicyclic) bond motifs is 4. The number of hydrogen-bond donors (Lipinski definition) is 0. The summed E-state index contributed by atoms with van der Waals surface area (Å²) in [7, 11) is 0. The van der Waals surface area contributed by atoms with E-state index in [1.807, 2.05) is 60.8 Å². The zero-order valence-electron chi connectivity index (χ0n) is 13.1. The van der Waals surface area contributed by atoms with Gasteiger partial charge in [0, 0.05) is 17.8 Å². The van der Waals surface area contributed by atoms with Crippen LogP contribution in [-0.2, 0) is 0 Å². The van der Waals surface area contributed by atoms with Crippen LogP contribution in [0.5, 0.6) is 0 Å². The fourth-order valence-corrected chi connectivity index (χ4v) is 2.78. The molecule has 0 saturated carbocycles. The van der Waals surface area contributed by atoms with Gasteiger partial charge in [-0.25, -0.2) is 14.5 Å². The van der Waals surface area contributed by atoms with Crippen LogP contribution < -0.4 is 0 Å². The Morgan fingerprint density at radius 3 is 2.72 bits per heavy atom. The van der Waals surface area contributed by atoms with Gasteiger partial charge >= 0.3 is 0 Å². The average molecular weight is 324 g/mol. The maximum atomic E-state index is 4.57. The zero-order valence-corrected chi connectivity index (χ0v) is 13.1. The smallest absolute Gasteiger partial charge is 0.182 e. The second-order valence-corrected chi connectivity index (χ2v) is 5.61. The lowest BCUT2D eigenvalue weighted by molar-refractivity contribution is 0.957. The monoisotopic (exact) mass is 324 g/mol. The van der Waals surface area contributed by atoms with Gasteiger partial charge in [0.15, 0.2) is 11.5 Å². The molecule has 5 rings (SSSR count). The van der Waals surface area contributed by atoms with Crippen LogP contribution in [0, 0.1) is 0 Å². The molecule has 0 fully saturated rings. The van der Waals surface area contributed by atoms with E-state index in [2.05, 4.69) is 25.0 Å². The van der Waals surface area contributed by atoms with E-state index < -0.39 is 0 Å². The maximum absolute atomic E-state index is 4.57. The van der Waals surface area contributed by atoms with Crippen LogP contribution in [0.2, 0.25) is 0 Å². The third-order valence-electron chi connectivity index (χ3n) is 3.96. The Labute approximate surface area is 142 Å². The Balaban J connectivity index is 1.56. The molecule has 0 saturated heterocycles. The van der Waals surface area contributed by atoms with Gasteiger partial charge in [-0.2, -0.15) is 0 Å². The quantitative estimate of drug-likeness (QED) is 0.498. The molecule has 0 aliphatic rings. The van der Waals surface area contributed by atoms with Crippen molar-refractivity contribution in [2.24, 2.45) is 0 Å². The van der Waals surface area contributed by atoms with Crippen molar-refractivity contribution in [3.05, 3.63) is 72.6 Å². The minimum Gasteiger partial charge on any atom is -0.252 e. The number of hydrogen-bond acceptors (Lipinski definition) is 5. The topological polar surface area (TPSA) is 68.9 Å². The predicted octanol–water partition coefficient (Wildman–Crippen LogP) is 3.39. The van der Waals surface area contributed by atoms with Crippen LogP contribution in [0.25, 0.3) is 39.7 Å². The molecule has 0 bridgehead atoms. The molecule has 0 aliphatic heterocycles. The summed E-state index contributed by atoms with van der Waals surface area (Å²) in [6.45, 7) is 0. The highest BCUT2D eigenvalue weighted by molar-refractivity contribution is 5.90. The van der Waals surface area contributed by atoms with Gasteiger partial charge in [0.2, 0.25) is 0 Å². The summed E-state index contributed by atoms with van der Waals surface area (Å²) in [6.07, 6.45) is 9.09. The molecule has 6 nitrogen and oxygen atoms in total. The fraction of sp³-hybridized carbons (Fsp3) is 0. The van der Waals surface area contributed by atoms with Gasteiger partial charge in [-0.05, 0) is 36.4 Å². The van der Waals surface area contributed by atoms with E-state index >= 15 is 0 Å². The van der Waals surface area contributed by atoms with Crippen molar-refractivity contribution >= 4 is 39.7 Å². The Kier molecular flexibility index (Phi) is 3.00. The first-order valence-electron chi connectivity index (χ1n) is 7.87. The standard InChI is InChI=1S/C19H12N6/c1-2-6-16-15(5-1)21-12-14(22-16)7-8-17-23-19-18-13(4-3-10-20-18)9-11-25(19)24-17/h1-12H/b8-7+. The molecule has 0 unspecified atom stereocenters.